The first-order chi connectivity index (χ1) is 22.2. The van der Waals surface area contributed by atoms with Crippen LogP contribution in [0.2, 0.25) is 5.02 Å². The summed E-state index contributed by atoms with van der Waals surface area (Å²) in [6.07, 6.45) is 4.54. The monoisotopic (exact) mass is 653 g/mol. The average Bonchev–Trinajstić information content (AvgIpc) is 3.70. The number of likely N-dealkylation sites (tertiary alicyclic amines) is 2. The number of aliphatic carboxylic acids is 1. The first-order valence-electron chi connectivity index (χ1n) is 16.9. The summed E-state index contributed by atoms with van der Waals surface area (Å²) in [5.74, 6) is 0.0683. The Bertz CT molecular complexity index is 1360. The fourth-order valence-corrected chi connectivity index (χ4v) is 8.65. The van der Waals surface area contributed by atoms with E-state index in [0.717, 1.165) is 61.3 Å². The highest BCUT2D eigenvalue weighted by atomic mass is 35.5. The summed E-state index contributed by atoms with van der Waals surface area (Å²) >= 11 is 6.53. The van der Waals surface area contributed by atoms with Gasteiger partial charge in [-0.15, -0.1) is 0 Å². The lowest BCUT2D eigenvalue weighted by molar-refractivity contribution is -0.142. The van der Waals surface area contributed by atoms with Crippen LogP contribution >= 0.6 is 11.6 Å². The number of halogens is 1. The summed E-state index contributed by atoms with van der Waals surface area (Å²) in [5, 5.41) is 20.3. The van der Waals surface area contributed by atoms with E-state index in [1.807, 2.05) is 24.3 Å². The van der Waals surface area contributed by atoms with E-state index in [2.05, 4.69) is 32.9 Å². The second-order valence-corrected chi connectivity index (χ2v) is 14.2. The number of benzene rings is 2. The van der Waals surface area contributed by atoms with Crippen molar-refractivity contribution in [1.29, 1.82) is 0 Å². The molecule has 10 heteroatoms. The zero-order valence-corrected chi connectivity index (χ0v) is 27.8. The van der Waals surface area contributed by atoms with Gasteiger partial charge in [-0.3, -0.25) is 14.5 Å². The topological polar surface area (TPSA) is 103 Å². The van der Waals surface area contributed by atoms with Gasteiger partial charge in [-0.2, -0.15) is 0 Å². The van der Waals surface area contributed by atoms with Crippen molar-refractivity contribution in [1.82, 2.24) is 9.80 Å². The Morgan fingerprint density at radius 3 is 2.26 bits per heavy atom. The minimum atomic E-state index is -0.726. The highest BCUT2D eigenvalue weighted by Crippen LogP contribution is 2.43. The second-order valence-electron chi connectivity index (χ2n) is 13.8. The quantitative estimate of drug-likeness (QED) is 0.396. The number of aliphatic hydroxyl groups is 1. The van der Waals surface area contributed by atoms with Crippen LogP contribution in [0.4, 0.5) is 5.69 Å². The van der Waals surface area contributed by atoms with Crippen LogP contribution in [-0.4, -0.2) is 104 Å². The molecular formula is C36H48ClN3O6. The van der Waals surface area contributed by atoms with Crippen molar-refractivity contribution in [3.8, 4) is 5.75 Å². The zero-order chi connectivity index (χ0) is 32.4. The Morgan fingerprint density at radius 1 is 0.891 bits per heavy atom. The second kappa shape index (κ2) is 14.5. The van der Waals surface area contributed by atoms with Crippen LogP contribution in [0.5, 0.6) is 5.75 Å². The Hall–Kier alpha value is -2.85. The number of ether oxygens (including phenoxy) is 2. The van der Waals surface area contributed by atoms with Gasteiger partial charge in [0.05, 0.1) is 31.7 Å². The van der Waals surface area contributed by atoms with Gasteiger partial charge in [-0.05, 0) is 73.9 Å². The number of piperidine rings is 1. The van der Waals surface area contributed by atoms with Crippen LogP contribution in [-0.2, 0) is 14.3 Å². The fourth-order valence-electron chi connectivity index (χ4n) is 8.49. The molecule has 0 spiro atoms. The van der Waals surface area contributed by atoms with Crippen molar-refractivity contribution in [2.45, 2.75) is 62.5 Å². The highest BCUT2D eigenvalue weighted by Gasteiger charge is 2.46. The van der Waals surface area contributed by atoms with Crippen molar-refractivity contribution >= 4 is 29.2 Å². The molecule has 9 nitrogen and oxygen atoms in total. The maximum atomic E-state index is 14.6. The first kappa shape index (κ1) is 33.1. The Labute approximate surface area is 277 Å². The third-order valence-electron chi connectivity index (χ3n) is 11.1. The summed E-state index contributed by atoms with van der Waals surface area (Å²) in [5.41, 5.74) is 3.35. The van der Waals surface area contributed by atoms with E-state index in [4.69, 9.17) is 21.1 Å². The molecule has 3 heterocycles. The molecular weight excluding hydrogens is 606 g/mol. The van der Waals surface area contributed by atoms with E-state index in [9.17, 15) is 19.8 Å². The number of carbonyl (C=O) groups excluding carboxylic acids is 1. The number of hydrogen-bond donors (Lipinski definition) is 2. The smallest absolute Gasteiger partial charge is 0.306 e. The highest BCUT2D eigenvalue weighted by molar-refractivity contribution is 6.30. The lowest BCUT2D eigenvalue weighted by atomic mass is 9.87. The number of carboxylic acid groups (broad SMARTS) is 1. The molecule has 2 N–H and O–H groups in total. The van der Waals surface area contributed by atoms with Gasteiger partial charge >= 0.3 is 5.97 Å². The van der Waals surface area contributed by atoms with Gasteiger partial charge in [0.25, 0.3) is 0 Å². The number of hydrogen-bond acceptors (Lipinski definition) is 7. The number of amides is 1. The molecule has 0 aromatic heterocycles. The minimum absolute atomic E-state index is 0.0742. The molecule has 4 aliphatic rings. The van der Waals surface area contributed by atoms with E-state index in [-0.39, 0.29) is 41.6 Å². The molecule has 3 aliphatic heterocycles. The molecule has 1 saturated carbocycles. The molecule has 0 unspecified atom stereocenters. The van der Waals surface area contributed by atoms with Crippen molar-refractivity contribution in [3.05, 3.63) is 58.6 Å². The molecule has 1 aliphatic carbocycles. The van der Waals surface area contributed by atoms with E-state index in [1.54, 1.807) is 14.2 Å². The van der Waals surface area contributed by atoms with Crippen LogP contribution < -0.4 is 9.64 Å². The number of methoxy groups -OCH3 is 2. The van der Waals surface area contributed by atoms with Crippen molar-refractivity contribution in [2.24, 2.45) is 17.8 Å². The normalized spacial score (nSPS) is 29.3. The molecule has 4 fully saturated rings. The molecule has 2 aromatic carbocycles. The van der Waals surface area contributed by atoms with E-state index < -0.39 is 5.97 Å². The molecule has 0 radical (unpaired) electrons. The Balaban J connectivity index is 1.24. The van der Waals surface area contributed by atoms with Gasteiger partial charge in [0, 0.05) is 80.9 Å². The Morgan fingerprint density at radius 2 is 1.61 bits per heavy atom. The summed E-state index contributed by atoms with van der Waals surface area (Å²) in [6, 6.07) is 14.6. The predicted molar refractivity (Wildman–Crippen MR) is 178 cm³/mol. The van der Waals surface area contributed by atoms with Gasteiger partial charge in [0.15, 0.2) is 0 Å². The first-order valence-corrected chi connectivity index (χ1v) is 17.2. The molecule has 2 aromatic rings. The predicted octanol–water partition coefficient (Wildman–Crippen LogP) is 4.86. The fraction of sp³-hybridized carbons (Fsp3) is 0.611. The van der Waals surface area contributed by atoms with Gasteiger partial charge in [-0.25, -0.2) is 0 Å². The molecule has 0 bridgehead atoms. The number of nitrogens with zero attached hydrogens (tertiary/aromatic N) is 3. The van der Waals surface area contributed by atoms with Crippen LogP contribution in [0.25, 0.3) is 0 Å². The number of anilines is 1. The lowest BCUT2D eigenvalue weighted by Gasteiger charge is -2.35. The Kier molecular flexibility index (Phi) is 10.4. The third kappa shape index (κ3) is 7.03. The number of rotatable bonds is 9. The third-order valence-corrected chi connectivity index (χ3v) is 11.3. The van der Waals surface area contributed by atoms with Crippen molar-refractivity contribution in [2.75, 3.05) is 65.0 Å². The summed E-state index contributed by atoms with van der Waals surface area (Å²) in [4.78, 5) is 33.1. The van der Waals surface area contributed by atoms with Gasteiger partial charge in [-0.1, -0.05) is 29.8 Å². The largest absolute Gasteiger partial charge is 0.497 e. The molecule has 46 heavy (non-hydrogen) atoms. The van der Waals surface area contributed by atoms with Crippen LogP contribution in [0.3, 0.4) is 0 Å². The molecule has 250 valence electrons. The van der Waals surface area contributed by atoms with Crippen LogP contribution in [0.1, 0.15) is 61.5 Å². The molecule has 4 atom stereocenters. The number of aliphatic hydroxyl groups excluding tert-OH is 1. The van der Waals surface area contributed by atoms with Crippen molar-refractivity contribution < 1.29 is 29.3 Å². The van der Waals surface area contributed by atoms with Gasteiger partial charge in [0.1, 0.15) is 5.75 Å². The van der Waals surface area contributed by atoms with Crippen LogP contribution in [0.15, 0.2) is 42.5 Å². The molecule has 6 rings (SSSR count). The summed E-state index contributed by atoms with van der Waals surface area (Å²) in [7, 11) is 3.39. The number of carbonyl (C=O) groups is 2. The molecule has 1 amide bonds. The lowest BCUT2D eigenvalue weighted by Crippen LogP contribution is -2.40. The maximum Gasteiger partial charge on any atom is 0.306 e. The van der Waals surface area contributed by atoms with E-state index in [0.29, 0.717) is 56.7 Å². The number of carboxylic acids is 1. The van der Waals surface area contributed by atoms with Gasteiger partial charge < -0.3 is 29.5 Å². The van der Waals surface area contributed by atoms with Crippen LogP contribution in [0, 0.1) is 17.8 Å². The average molecular weight is 654 g/mol. The zero-order valence-electron chi connectivity index (χ0n) is 27.0. The molecule has 3 saturated heterocycles. The van der Waals surface area contributed by atoms with Gasteiger partial charge in [0.2, 0.25) is 5.91 Å². The van der Waals surface area contributed by atoms with E-state index >= 15 is 0 Å². The van der Waals surface area contributed by atoms with E-state index in [1.165, 1.54) is 0 Å². The maximum absolute atomic E-state index is 14.6. The SMILES string of the molecule is COC[C@H]1CN(C(=O)[C@@H]2CN(C3CCC(O)CC3)C[C@H]2c2ccc(OC)cc2)C[C@@H]1c1ccc(Cl)cc1N1CCC(C(=O)O)CC1. The van der Waals surface area contributed by atoms with Crippen molar-refractivity contribution in [3.63, 3.8) is 0 Å². The minimum Gasteiger partial charge on any atom is -0.497 e. The standard InChI is InChI=1S/C36H48ClN3O6/c1-45-22-25-18-40(20-32(25)30-12-5-26(37)17-34(30)38-15-13-24(14-16-38)36(43)44)35(42)33-21-39(27-6-8-28(41)9-7-27)19-31(33)23-3-10-29(46-2)11-4-23/h3-5,10-12,17,24-25,27-28,31-33,41H,6-9,13-16,18-22H2,1-2H3,(H,43,44)/t25-,27?,28?,31+,32+,33-/m1/s1. The summed E-state index contributed by atoms with van der Waals surface area (Å²) in [6.45, 7) is 4.65. The summed E-state index contributed by atoms with van der Waals surface area (Å²) < 4.78 is 11.1.